The van der Waals surface area contributed by atoms with Crippen LogP contribution in [0.4, 0.5) is 4.39 Å². The molecule has 2 rings (SSSR count). The van der Waals surface area contributed by atoms with Gasteiger partial charge < -0.3 is 14.6 Å². The van der Waals surface area contributed by atoms with Crippen molar-refractivity contribution in [2.75, 3.05) is 20.3 Å². The molecule has 20 heavy (non-hydrogen) atoms. The quantitative estimate of drug-likeness (QED) is 0.795. The molecule has 0 aliphatic heterocycles. The Morgan fingerprint density at radius 2 is 2.20 bits per heavy atom. The van der Waals surface area contributed by atoms with E-state index >= 15 is 0 Å². The van der Waals surface area contributed by atoms with E-state index in [2.05, 4.69) is 5.32 Å². The Bertz CT molecular complexity index is 557. The summed E-state index contributed by atoms with van der Waals surface area (Å²) < 4.78 is 20.3. The van der Waals surface area contributed by atoms with Crippen molar-refractivity contribution in [2.24, 2.45) is 0 Å². The van der Waals surface area contributed by atoms with E-state index in [4.69, 9.17) is 16.3 Å². The third-order valence-corrected chi connectivity index (χ3v) is 3.43. The van der Waals surface area contributed by atoms with E-state index in [0.717, 1.165) is 18.7 Å². The van der Waals surface area contributed by atoms with Crippen LogP contribution in [0.5, 0.6) is 0 Å². The van der Waals surface area contributed by atoms with Crippen LogP contribution in [0, 0.1) is 5.82 Å². The minimum Gasteiger partial charge on any atom is -0.383 e. The Labute approximate surface area is 123 Å². The fraction of sp³-hybridized carbons (Fsp3) is 0.333. The summed E-state index contributed by atoms with van der Waals surface area (Å²) in [5.41, 5.74) is 1.95. The van der Waals surface area contributed by atoms with Crippen molar-refractivity contribution in [3.63, 3.8) is 0 Å². The first-order chi connectivity index (χ1) is 9.70. The lowest BCUT2D eigenvalue weighted by molar-refractivity contribution is 0.199. The second-order valence-electron chi connectivity index (χ2n) is 4.57. The van der Waals surface area contributed by atoms with Crippen molar-refractivity contribution < 1.29 is 9.13 Å². The van der Waals surface area contributed by atoms with Gasteiger partial charge in [-0.25, -0.2) is 4.39 Å². The molecule has 3 nitrogen and oxygen atoms in total. The molecule has 0 radical (unpaired) electrons. The maximum atomic E-state index is 13.4. The van der Waals surface area contributed by atoms with E-state index in [9.17, 15) is 4.39 Å². The monoisotopic (exact) mass is 296 g/mol. The van der Waals surface area contributed by atoms with Crippen LogP contribution in [-0.2, 0) is 17.8 Å². The van der Waals surface area contributed by atoms with E-state index in [1.54, 1.807) is 13.2 Å². The predicted octanol–water partition coefficient (Wildman–Crippen LogP) is 3.06. The maximum Gasteiger partial charge on any atom is 0.142 e. The van der Waals surface area contributed by atoms with Gasteiger partial charge in [0.25, 0.3) is 0 Å². The van der Waals surface area contributed by atoms with Crippen molar-refractivity contribution in [1.82, 2.24) is 9.88 Å². The van der Waals surface area contributed by atoms with Crippen LogP contribution in [0.2, 0.25) is 5.02 Å². The van der Waals surface area contributed by atoms with Crippen molar-refractivity contribution in [3.05, 3.63) is 58.6 Å². The second-order valence-corrected chi connectivity index (χ2v) is 4.95. The molecule has 1 aromatic carbocycles. The first-order valence-corrected chi connectivity index (χ1v) is 6.85. The van der Waals surface area contributed by atoms with Crippen LogP contribution in [0.1, 0.15) is 11.1 Å². The molecular weight excluding hydrogens is 279 g/mol. The average molecular weight is 297 g/mol. The summed E-state index contributed by atoms with van der Waals surface area (Å²) in [5.74, 6) is -0.377. The topological polar surface area (TPSA) is 26.2 Å². The van der Waals surface area contributed by atoms with E-state index in [1.165, 1.54) is 11.6 Å². The number of hydrogen-bond acceptors (Lipinski definition) is 2. The Kier molecular flexibility index (Phi) is 5.59. The third kappa shape index (κ3) is 4.07. The normalized spacial score (nSPS) is 10.9. The van der Waals surface area contributed by atoms with Gasteiger partial charge in [0, 0.05) is 39.1 Å². The molecular formula is C15H18ClFN2O. The lowest BCUT2D eigenvalue weighted by Gasteiger charge is -2.06. The molecule has 5 heteroatoms. The Balaban J connectivity index is 1.94. The highest BCUT2D eigenvalue weighted by molar-refractivity contribution is 6.31. The SMILES string of the molecule is COCCNCc1ccn(Cc2cccc(F)c2Cl)c1. The largest absolute Gasteiger partial charge is 0.383 e. The third-order valence-electron chi connectivity index (χ3n) is 3.01. The first kappa shape index (κ1) is 15.0. The summed E-state index contributed by atoms with van der Waals surface area (Å²) in [6, 6.07) is 6.91. The van der Waals surface area contributed by atoms with E-state index in [1.807, 2.05) is 29.1 Å². The molecule has 0 saturated heterocycles. The fourth-order valence-corrected chi connectivity index (χ4v) is 2.15. The highest BCUT2D eigenvalue weighted by Crippen LogP contribution is 2.20. The summed E-state index contributed by atoms with van der Waals surface area (Å²) in [6.45, 7) is 2.86. The fourth-order valence-electron chi connectivity index (χ4n) is 1.97. The molecule has 0 atom stereocenters. The van der Waals surface area contributed by atoms with Gasteiger partial charge in [0.15, 0.2) is 0 Å². The lowest BCUT2D eigenvalue weighted by atomic mass is 10.2. The minimum absolute atomic E-state index is 0.195. The van der Waals surface area contributed by atoms with E-state index < -0.39 is 0 Å². The summed E-state index contributed by atoms with van der Waals surface area (Å²) in [6.07, 6.45) is 4.00. The molecule has 0 aliphatic rings. The van der Waals surface area contributed by atoms with Crippen LogP contribution < -0.4 is 5.32 Å². The van der Waals surface area contributed by atoms with Gasteiger partial charge in [-0.05, 0) is 23.3 Å². The van der Waals surface area contributed by atoms with Gasteiger partial charge in [-0.1, -0.05) is 23.7 Å². The van der Waals surface area contributed by atoms with Crippen molar-refractivity contribution in [3.8, 4) is 0 Å². The Morgan fingerprint density at radius 3 is 3.00 bits per heavy atom. The molecule has 0 spiro atoms. The summed E-state index contributed by atoms with van der Waals surface area (Å²) >= 11 is 5.95. The zero-order valence-corrected chi connectivity index (χ0v) is 12.2. The van der Waals surface area contributed by atoms with Gasteiger partial charge in [-0.15, -0.1) is 0 Å². The van der Waals surface area contributed by atoms with E-state index in [0.29, 0.717) is 13.2 Å². The predicted molar refractivity (Wildman–Crippen MR) is 78.5 cm³/mol. The van der Waals surface area contributed by atoms with Crippen molar-refractivity contribution in [1.29, 1.82) is 0 Å². The molecule has 0 aliphatic carbocycles. The van der Waals surface area contributed by atoms with Gasteiger partial charge in [0.2, 0.25) is 0 Å². The number of nitrogens with zero attached hydrogens (tertiary/aromatic N) is 1. The van der Waals surface area contributed by atoms with Gasteiger partial charge in [-0.2, -0.15) is 0 Å². The summed E-state index contributed by atoms with van der Waals surface area (Å²) in [5, 5.41) is 3.47. The number of hydrogen-bond donors (Lipinski definition) is 1. The van der Waals surface area contributed by atoms with Crippen LogP contribution in [0.15, 0.2) is 36.7 Å². The standard InChI is InChI=1S/C15H18ClFN2O/c1-20-8-6-18-9-12-5-7-19(10-12)11-13-3-2-4-14(17)15(13)16/h2-5,7,10,18H,6,8-9,11H2,1H3. The molecule has 1 aromatic heterocycles. The zero-order valence-electron chi connectivity index (χ0n) is 11.4. The molecule has 0 fully saturated rings. The highest BCUT2D eigenvalue weighted by Gasteiger charge is 2.06. The van der Waals surface area contributed by atoms with Crippen LogP contribution in [0.25, 0.3) is 0 Å². The molecule has 1 N–H and O–H groups in total. The van der Waals surface area contributed by atoms with Gasteiger partial charge >= 0.3 is 0 Å². The molecule has 0 unspecified atom stereocenters. The van der Waals surface area contributed by atoms with Gasteiger partial charge in [0.05, 0.1) is 11.6 Å². The Morgan fingerprint density at radius 1 is 1.35 bits per heavy atom. The van der Waals surface area contributed by atoms with Crippen LogP contribution >= 0.6 is 11.6 Å². The molecule has 2 aromatic rings. The Hall–Kier alpha value is -1.36. The highest BCUT2D eigenvalue weighted by atomic mass is 35.5. The molecule has 0 bridgehead atoms. The van der Waals surface area contributed by atoms with Crippen LogP contribution in [0.3, 0.4) is 0 Å². The molecule has 0 amide bonds. The molecule has 1 heterocycles. The summed E-state index contributed by atoms with van der Waals surface area (Å²) in [7, 11) is 1.68. The average Bonchev–Trinajstić information content (AvgIpc) is 2.88. The molecule has 108 valence electrons. The zero-order chi connectivity index (χ0) is 14.4. The van der Waals surface area contributed by atoms with Gasteiger partial charge in [-0.3, -0.25) is 0 Å². The first-order valence-electron chi connectivity index (χ1n) is 6.48. The number of ether oxygens (including phenoxy) is 1. The minimum atomic E-state index is -0.377. The maximum absolute atomic E-state index is 13.4. The van der Waals surface area contributed by atoms with Gasteiger partial charge in [0.1, 0.15) is 5.82 Å². The van der Waals surface area contributed by atoms with Crippen molar-refractivity contribution >= 4 is 11.6 Å². The van der Waals surface area contributed by atoms with E-state index in [-0.39, 0.29) is 10.8 Å². The number of nitrogens with one attached hydrogen (secondary N) is 1. The molecule has 0 saturated carbocycles. The second kappa shape index (κ2) is 7.43. The van der Waals surface area contributed by atoms with Crippen molar-refractivity contribution in [2.45, 2.75) is 13.1 Å². The number of methoxy groups -OCH3 is 1. The van der Waals surface area contributed by atoms with Crippen LogP contribution in [-0.4, -0.2) is 24.8 Å². The lowest BCUT2D eigenvalue weighted by Crippen LogP contribution is -2.18. The smallest absolute Gasteiger partial charge is 0.142 e. The number of halogens is 2. The number of rotatable bonds is 7. The number of aromatic nitrogens is 1. The summed E-state index contributed by atoms with van der Waals surface area (Å²) in [4.78, 5) is 0. The number of benzene rings is 1.